The minimum atomic E-state index is -0.956. The lowest BCUT2D eigenvalue weighted by atomic mass is 9.95. The molecule has 0 bridgehead atoms. The number of aliphatic hydroxyl groups is 1. The van der Waals surface area contributed by atoms with Gasteiger partial charge in [0.25, 0.3) is 11.7 Å². The van der Waals surface area contributed by atoms with Gasteiger partial charge in [-0.1, -0.05) is 57.3 Å². The SMILES string of the molecule is O=C1C(=O)N(c2ccc(Cl)cc2)C(c2ccc(O)c(Cl)c2)/C1=C(/O)c1ccc(Br)cc1. The predicted molar refractivity (Wildman–Crippen MR) is 123 cm³/mol. The summed E-state index contributed by atoms with van der Waals surface area (Å²) < 4.78 is 0.799. The van der Waals surface area contributed by atoms with Crippen LogP contribution < -0.4 is 4.90 Å². The van der Waals surface area contributed by atoms with E-state index in [1.54, 1.807) is 54.6 Å². The highest BCUT2D eigenvalue weighted by molar-refractivity contribution is 9.10. The summed E-state index contributed by atoms with van der Waals surface area (Å²) in [7, 11) is 0. The summed E-state index contributed by atoms with van der Waals surface area (Å²) in [5, 5.41) is 21.4. The van der Waals surface area contributed by atoms with Gasteiger partial charge in [-0.2, -0.15) is 0 Å². The van der Waals surface area contributed by atoms with Crippen LogP contribution in [0.4, 0.5) is 5.69 Å². The smallest absolute Gasteiger partial charge is 0.300 e. The van der Waals surface area contributed by atoms with Gasteiger partial charge in [-0.15, -0.1) is 0 Å². The number of aromatic hydroxyl groups is 1. The van der Waals surface area contributed by atoms with Crippen molar-refractivity contribution in [2.45, 2.75) is 6.04 Å². The van der Waals surface area contributed by atoms with Crippen LogP contribution in [0.15, 0.2) is 76.8 Å². The maximum absolute atomic E-state index is 13.0. The van der Waals surface area contributed by atoms with Crippen LogP contribution in [-0.4, -0.2) is 21.9 Å². The number of hydrogen-bond acceptors (Lipinski definition) is 4. The number of phenols is 1. The van der Waals surface area contributed by atoms with Crippen molar-refractivity contribution in [3.8, 4) is 5.75 Å². The third-order valence-electron chi connectivity index (χ3n) is 4.95. The Hall–Kier alpha value is -2.80. The van der Waals surface area contributed by atoms with Gasteiger partial charge in [0.2, 0.25) is 0 Å². The minimum Gasteiger partial charge on any atom is -0.507 e. The minimum absolute atomic E-state index is 0.0582. The number of hydrogen-bond donors (Lipinski definition) is 2. The summed E-state index contributed by atoms with van der Waals surface area (Å²) in [5.74, 6) is -2.07. The summed E-state index contributed by atoms with van der Waals surface area (Å²) in [4.78, 5) is 27.4. The summed E-state index contributed by atoms with van der Waals surface area (Å²) in [6, 6.07) is 16.6. The third-order valence-corrected chi connectivity index (χ3v) is 6.04. The van der Waals surface area contributed by atoms with E-state index in [9.17, 15) is 19.8 Å². The first-order chi connectivity index (χ1) is 14.8. The third kappa shape index (κ3) is 3.94. The molecule has 4 rings (SSSR count). The van der Waals surface area contributed by atoms with Gasteiger partial charge in [0.15, 0.2) is 0 Å². The van der Waals surface area contributed by atoms with Crippen LogP contribution in [0.2, 0.25) is 10.0 Å². The lowest BCUT2D eigenvalue weighted by molar-refractivity contribution is -0.132. The molecule has 2 N–H and O–H groups in total. The molecule has 0 aromatic heterocycles. The van der Waals surface area contributed by atoms with E-state index in [1.807, 2.05) is 0 Å². The van der Waals surface area contributed by atoms with E-state index in [1.165, 1.54) is 17.0 Å². The second kappa shape index (κ2) is 8.38. The van der Waals surface area contributed by atoms with Gasteiger partial charge in [-0.05, 0) is 54.1 Å². The number of Topliss-reactive ketones (excluding diaryl/α,β-unsaturated/α-hetero) is 1. The molecule has 3 aromatic rings. The molecule has 8 heteroatoms. The molecule has 1 saturated heterocycles. The zero-order valence-corrected chi connectivity index (χ0v) is 18.8. The molecule has 1 aliphatic heterocycles. The number of anilines is 1. The van der Waals surface area contributed by atoms with Crippen LogP contribution in [0, 0.1) is 0 Å². The Bertz CT molecular complexity index is 1220. The Kier molecular flexibility index (Phi) is 5.79. The average Bonchev–Trinajstić information content (AvgIpc) is 3.01. The van der Waals surface area contributed by atoms with E-state index >= 15 is 0 Å². The Morgan fingerprint density at radius 2 is 1.58 bits per heavy atom. The Labute approximate surface area is 196 Å². The largest absolute Gasteiger partial charge is 0.507 e. The lowest BCUT2D eigenvalue weighted by Gasteiger charge is -2.25. The topological polar surface area (TPSA) is 77.8 Å². The van der Waals surface area contributed by atoms with Gasteiger partial charge in [-0.3, -0.25) is 14.5 Å². The van der Waals surface area contributed by atoms with Crippen molar-refractivity contribution in [3.05, 3.63) is 97.9 Å². The number of phenolic OH excluding ortho intramolecular Hbond substituents is 1. The summed E-state index contributed by atoms with van der Waals surface area (Å²) in [6.45, 7) is 0. The maximum Gasteiger partial charge on any atom is 0.300 e. The number of carbonyl (C=O) groups is 2. The van der Waals surface area contributed by atoms with Crippen molar-refractivity contribution < 1.29 is 19.8 Å². The molecular weight excluding hydrogens is 505 g/mol. The molecule has 1 fully saturated rings. The molecule has 156 valence electrons. The number of aliphatic hydroxyl groups excluding tert-OH is 1. The summed E-state index contributed by atoms with van der Waals surface area (Å²) >= 11 is 15.4. The highest BCUT2D eigenvalue weighted by atomic mass is 79.9. The van der Waals surface area contributed by atoms with E-state index in [-0.39, 0.29) is 22.1 Å². The first-order valence-corrected chi connectivity index (χ1v) is 10.6. The van der Waals surface area contributed by atoms with Crippen molar-refractivity contribution in [3.63, 3.8) is 0 Å². The van der Waals surface area contributed by atoms with Gasteiger partial charge in [0.05, 0.1) is 16.6 Å². The molecular formula is C23H14BrCl2NO4. The number of ketones is 1. The van der Waals surface area contributed by atoms with E-state index in [0.29, 0.717) is 21.8 Å². The van der Waals surface area contributed by atoms with Crippen LogP contribution in [0.1, 0.15) is 17.2 Å². The molecule has 0 aliphatic carbocycles. The molecule has 0 saturated carbocycles. The Morgan fingerprint density at radius 3 is 2.19 bits per heavy atom. The maximum atomic E-state index is 13.0. The van der Waals surface area contributed by atoms with Gasteiger partial charge < -0.3 is 10.2 Å². The molecule has 31 heavy (non-hydrogen) atoms. The van der Waals surface area contributed by atoms with Crippen LogP contribution in [-0.2, 0) is 9.59 Å². The van der Waals surface area contributed by atoms with Gasteiger partial charge in [0, 0.05) is 20.7 Å². The summed E-state index contributed by atoms with van der Waals surface area (Å²) in [5.41, 5.74) is 1.18. The molecule has 1 unspecified atom stereocenters. The van der Waals surface area contributed by atoms with Crippen LogP contribution >= 0.6 is 39.1 Å². The Morgan fingerprint density at radius 1 is 0.935 bits per heavy atom. The van der Waals surface area contributed by atoms with Gasteiger partial charge in [0.1, 0.15) is 11.5 Å². The standard InChI is InChI=1S/C23H14BrCl2NO4/c24-14-4-1-12(2-5-14)21(29)19-20(13-3-10-18(28)17(26)11-13)27(23(31)22(19)30)16-8-6-15(25)7-9-16/h1-11,20,28-29H/b21-19-. The van der Waals surface area contributed by atoms with E-state index in [4.69, 9.17) is 23.2 Å². The second-order valence-electron chi connectivity index (χ2n) is 6.86. The average molecular weight is 519 g/mol. The van der Waals surface area contributed by atoms with E-state index < -0.39 is 17.7 Å². The molecule has 0 spiro atoms. The van der Waals surface area contributed by atoms with Crippen molar-refractivity contribution in [2.75, 3.05) is 4.90 Å². The van der Waals surface area contributed by atoms with Crippen LogP contribution in [0.5, 0.6) is 5.75 Å². The monoisotopic (exact) mass is 517 g/mol. The van der Waals surface area contributed by atoms with Gasteiger partial charge in [-0.25, -0.2) is 0 Å². The fourth-order valence-corrected chi connectivity index (χ4v) is 4.05. The number of rotatable bonds is 3. The van der Waals surface area contributed by atoms with Crippen LogP contribution in [0.25, 0.3) is 5.76 Å². The number of nitrogens with zero attached hydrogens (tertiary/aromatic N) is 1. The lowest BCUT2D eigenvalue weighted by Crippen LogP contribution is -2.29. The van der Waals surface area contributed by atoms with E-state index in [0.717, 1.165) is 4.47 Å². The molecule has 1 aliphatic rings. The zero-order valence-electron chi connectivity index (χ0n) is 15.7. The fourth-order valence-electron chi connectivity index (χ4n) is 3.47. The van der Waals surface area contributed by atoms with E-state index in [2.05, 4.69) is 15.9 Å². The molecule has 1 heterocycles. The van der Waals surface area contributed by atoms with Crippen molar-refractivity contribution in [1.29, 1.82) is 0 Å². The molecule has 0 radical (unpaired) electrons. The number of halogens is 3. The molecule has 1 amide bonds. The second-order valence-corrected chi connectivity index (χ2v) is 8.62. The zero-order chi connectivity index (χ0) is 22.3. The number of benzene rings is 3. The molecule has 3 aromatic carbocycles. The first kappa shape index (κ1) is 21.4. The fraction of sp³-hybridized carbons (Fsp3) is 0.0435. The number of amides is 1. The number of carbonyl (C=O) groups excluding carboxylic acids is 2. The highest BCUT2D eigenvalue weighted by Crippen LogP contribution is 2.43. The molecule has 5 nitrogen and oxygen atoms in total. The normalized spacial score (nSPS) is 17.9. The van der Waals surface area contributed by atoms with Crippen molar-refractivity contribution >= 4 is 62.3 Å². The summed E-state index contributed by atoms with van der Waals surface area (Å²) in [6.07, 6.45) is 0. The first-order valence-electron chi connectivity index (χ1n) is 9.09. The molecule has 1 atom stereocenters. The quantitative estimate of drug-likeness (QED) is 0.250. The Balaban J connectivity index is 1.95. The van der Waals surface area contributed by atoms with Crippen molar-refractivity contribution in [2.24, 2.45) is 0 Å². The van der Waals surface area contributed by atoms with Crippen molar-refractivity contribution in [1.82, 2.24) is 0 Å². The van der Waals surface area contributed by atoms with Crippen LogP contribution in [0.3, 0.4) is 0 Å². The predicted octanol–water partition coefficient (Wildman–Crippen LogP) is 6.09. The highest BCUT2D eigenvalue weighted by Gasteiger charge is 2.47. The van der Waals surface area contributed by atoms with Gasteiger partial charge >= 0.3 is 0 Å².